The zero-order valence-electron chi connectivity index (χ0n) is 14.3. The summed E-state index contributed by atoms with van der Waals surface area (Å²) in [6, 6.07) is 17.4. The fourth-order valence-electron chi connectivity index (χ4n) is 2.25. The number of rotatable bonds is 6. The van der Waals surface area contributed by atoms with Crippen molar-refractivity contribution in [2.45, 2.75) is 13.5 Å². The van der Waals surface area contributed by atoms with Gasteiger partial charge in [0.05, 0.1) is 0 Å². The van der Waals surface area contributed by atoms with Gasteiger partial charge in [0.25, 0.3) is 5.91 Å². The predicted molar refractivity (Wildman–Crippen MR) is 101 cm³/mol. The number of nitrogens with zero attached hydrogens (tertiary/aromatic N) is 1. The Morgan fingerprint density at radius 2 is 1.81 bits per heavy atom. The third kappa shape index (κ3) is 4.77. The third-order valence-corrected chi connectivity index (χ3v) is 4.57. The van der Waals surface area contributed by atoms with E-state index in [-0.39, 0.29) is 18.2 Å². The van der Waals surface area contributed by atoms with E-state index >= 15 is 0 Å². The van der Waals surface area contributed by atoms with Crippen molar-refractivity contribution in [3.8, 4) is 10.6 Å². The first-order chi connectivity index (χ1) is 12.6. The van der Waals surface area contributed by atoms with Crippen LogP contribution in [0.2, 0.25) is 0 Å². The number of aromatic nitrogens is 1. The summed E-state index contributed by atoms with van der Waals surface area (Å²) < 4.78 is 5.04. The van der Waals surface area contributed by atoms with Crippen LogP contribution in [0.15, 0.2) is 60.0 Å². The van der Waals surface area contributed by atoms with Crippen molar-refractivity contribution in [2.75, 3.05) is 6.61 Å². The number of carbonyl (C=O) groups is 2. The standard InChI is InChI=1S/C20H18N2O3S/c1-14-7-9-16(10-8-14)19-22-17(13-26-19)20(24)25-12-18(23)21-11-15-5-3-2-4-6-15/h2-10,13H,11-12H2,1H3,(H,21,23). The monoisotopic (exact) mass is 366 g/mol. The van der Waals surface area contributed by atoms with E-state index in [2.05, 4.69) is 10.3 Å². The lowest BCUT2D eigenvalue weighted by Gasteiger charge is -2.05. The molecule has 3 rings (SSSR count). The summed E-state index contributed by atoms with van der Waals surface area (Å²) in [5.74, 6) is -0.953. The molecule has 132 valence electrons. The Kier molecular flexibility index (Phi) is 5.76. The number of carbonyl (C=O) groups excluding carboxylic acids is 2. The lowest BCUT2D eigenvalue weighted by Crippen LogP contribution is -2.28. The normalized spacial score (nSPS) is 10.3. The van der Waals surface area contributed by atoms with Crippen LogP contribution in [0, 0.1) is 6.92 Å². The average molecular weight is 366 g/mol. The second-order valence-corrected chi connectivity index (χ2v) is 6.60. The van der Waals surface area contributed by atoms with Gasteiger partial charge in [0.2, 0.25) is 0 Å². The molecule has 0 saturated heterocycles. The molecule has 1 aromatic heterocycles. The highest BCUT2D eigenvalue weighted by Gasteiger charge is 2.14. The Balaban J connectivity index is 1.50. The minimum absolute atomic E-state index is 0.210. The van der Waals surface area contributed by atoms with Crippen molar-refractivity contribution >= 4 is 23.2 Å². The highest BCUT2D eigenvalue weighted by atomic mass is 32.1. The molecule has 0 aliphatic rings. The Labute approximate surface area is 155 Å². The molecule has 0 bridgehead atoms. The maximum Gasteiger partial charge on any atom is 0.358 e. The van der Waals surface area contributed by atoms with Crippen LogP contribution in [-0.2, 0) is 16.1 Å². The largest absolute Gasteiger partial charge is 0.451 e. The summed E-state index contributed by atoms with van der Waals surface area (Å²) >= 11 is 1.37. The zero-order valence-corrected chi connectivity index (χ0v) is 15.1. The van der Waals surface area contributed by atoms with E-state index in [4.69, 9.17) is 4.74 Å². The van der Waals surface area contributed by atoms with Crippen molar-refractivity contribution in [1.82, 2.24) is 10.3 Å². The lowest BCUT2D eigenvalue weighted by atomic mass is 10.2. The summed E-state index contributed by atoms with van der Waals surface area (Å²) in [6.07, 6.45) is 0. The molecule has 0 aliphatic carbocycles. The van der Waals surface area contributed by atoms with E-state index in [1.165, 1.54) is 11.3 Å². The van der Waals surface area contributed by atoms with Gasteiger partial charge in [0.1, 0.15) is 5.01 Å². The van der Waals surface area contributed by atoms with E-state index in [0.717, 1.165) is 21.7 Å². The minimum atomic E-state index is -0.602. The fraction of sp³-hybridized carbons (Fsp3) is 0.150. The number of hydrogen-bond acceptors (Lipinski definition) is 5. The van der Waals surface area contributed by atoms with Crippen molar-refractivity contribution in [1.29, 1.82) is 0 Å². The van der Waals surface area contributed by atoms with Crippen LogP contribution < -0.4 is 5.32 Å². The topological polar surface area (TPSA) is 68.3 Å². The molecule has 0 fully saturated rings. The van der Waals surface area contributed by atoms with Gasteiger partial charge in [0, 0.05) is 17.5 Å². The van der Waals surface area contributed by atoms with E-state index in [0.29, 0.717) is 6.54 Å². The van der Waals surface area contributed by atoms with Gasteiger partial charge < -0.3 is 10.1 Å². The van der Waals surface area contributed by atoms with Crippen molar-refractivity contribution in [2.24, 2.45) is 0 Å². The number of amides is 1. The number of aryl methyl sites for hydroxylation is 1. The van der Waals surface area contributed by atoms with E-state index in [1.807, 2.05) is 61.5 Å². The molecule has 6 heteroatoms. The molecule has 0 saturated carbocycles. The highest BCUT2D eigenvalue weighted by Crippen LogP contribution is 2.24. The number of esters is 1. The van der Waals surface area contributed by atoms with Crippen molar-refractivity contribution in [3.63, 3.8) is 0 Å². The summed E-state index contributed by atoms with van der Waals surface area (Å²) in [4.78, 5) is 28.2. The Hall–Kier alpha value is -2.99. The summed E-state index contributed by atoms with van der Waals surface area (Å²) in [5.41, 5.74) is 3.29. The Morgan fingerprint density at radius 1 is 1.08 bits per heavy atom. The number of thiazole rings is 1. The maximum atomic E-state index is 12.1. The molecule has 1 N–H and O–H groups in total. The second-order valence-electron chi connectivity index (χ2n) is 5.74. The molecule has 5 nitrogen and oxygen atoms in total. The van der Waals surface area contributed by atoms with E-state index in [9.17, 15) is 9.59 Å². The van der Waals surface area contributed by atoms with Gasteiger partial charge in [0.15, 0.2) is 12.3 Å². The van der Waals surface area contributed by atoms with Crippen LogP contribution in [0.4, 0.5) is 0 Å². The summed E-state index contributed by atoms with van der Waals surface area (Å²) in [6.45, 7) is 2.08. The first-order valence-electron chi connectivity index (χ1n) is 8.12. The number of ether oxygens (including phenoxy) is 1. The molecule has 2 aromatic carbocycles. The number of nitrogens with one attached hydrogen (secondary N) is 1. The quantitative estimate of drug-likeness (QED) is 0.677. The molecule has 0 atom stereocenters. The average Bonchev–Trinajstić information content (AvgIpc) is 3.16. The first-order valence-corrected chi connectivity index (χ1v) is 9.00. The van der Waals surface area contributed by atoms with E-state index < -0.39 is 5.97 Å². The van der Waals surface area contributed by atoms with Crippen LogP contribution >= 0.6 is 11.3 Å². The van der Waals surface area contributed by atoms with Crippen LogP contribution in [0.5, 0.6) is 0 Å². The van der Waals surface area contributed by atoms with Crippen LogP contribution in [0.1, 0.15) is 21.6 Å². The fourth-order valence-corrected chi connectivity index (χ4v) is 3.04. The lowest BCUT2D eigenvalue weighted by molar-refractivity contribution is -0.124. The Bertz CT molecular complexity index is 889. The maximum absolute atomic E-state index is 12.1. The van der Waals surface area contributed by atoms with Crippen LogP contribution in [0.3, 0.4) is 0 Å². The van der Waals surface area contributed by atoms with Gasteiger partial charge in [-0.15, -0.1) is 11.3 Å². The molecule has 0 radical (unpaired) electrons. The molecule has 0 spiro atoms. The SMILES string of the molecule is Cc1ccc(-c2nc(C(=O)OCC(=O)NCc3ccccc3)cs2)cc1. The number of hydrogen-bond donors (Lipinski definition) is 1. The van der Waals surface area contributed by atoms with Gasteiger partial charge in [-0.3, -0.25) is 4.79 Å². The zero-order chi connectivity index (χ0) is 18.4. The molecule has 3 aromatic rings. The summed E-state index contributed by atoms with van der Waals surface area (Å²) in [5, 5.41) is 5.09. The molecule has 0 unspecified atom stereocenters. The van der Waals surface area contributed by atoms with Crippen molar-refractivity contribution in [3.05, 3.63) is 76.8 Å². The van der Waals surface area contributed by atoms with Crippen LogP contribution in [-0.4, -0.2) is 23.5 Å². The highest BCUT2D eigenvalue weighted by molar-refractivity contribution is 7.13. The molecular formula is C20H18N2O3S. The molecule has 0 aliphatic heterocycles. The minimum Gasteiger partial charge on any atom is -0.451 e. The smallest absolute Gasteiger partial charge is 0.358 e. The van der Waals surface area contributed by atoms with Gasteiger partial charge in [-0.1, -0.05) is 60.2 Å². The molecule has 1 amide bonds. The van der Waals surface area contributed by atoms with Gasteiger partial charge in [-0.2, -0.15) is 0 Å². The molecule has 1 heterocycles. The van der Waals surface area contributed by atoms with E-state index in [1.54, 1.807) is 5.38 Å². The third-order valence-electron chi connectivity index (χ3n) is 3.68. The van der Waals surface area contributed by atoms with Gasteiger partial charge in [-0.25, -0.2) is 9.78 Å². The summed E-state index contributed by atoms with van der Waals surface area (Å²) in [7, 11) is 0. The van der Waals surface area contributed by atoms with Gasteiger partial charge >= 0.3 is 5.97 Å². The molecular weight excluding hydrogens is 348 g/mol. The second kappa shape index (κ2) is 8.40. The molecule has 26 heavy (non-hydrogen) atoms. The predicted octanol–water partition coefficient (Wildman–Crippen LogP) is 3.59. The number of benzene rings is 2. The van der Waals surface area contributed by atoms with Gasteiger partial charge in [-0.05, 0) is 12.5 Å². The first kappa shape index (κ1) is 17.8. The Morgan fingerprint density at radius 3 is 2.54 bits per heavy atom. The van der Waals surface area contributed by atoms with Crippen LogP contribution in [0.25, 0.3) is 10.6 Å². The van der Waals surface area contributed by atoms with Crippen molar-refractivity contribution < 1.29 is 14.3 Å².